The average molecular weight is 342 g/mol. The third kappa shape index (κ3) is 3.37. The molecule has 1 aliphatic heterocycles. The molecule has 1 saturated heterocycles. The third-order valence-electron chi connectivity index (χ3n) is 4.51. The van der Waals surface area contributed by atoms with Crippen LogP contribution in [0.3, 0.4) is 0 Å². The maximum atomic E-state index is 5.96. The molecule has 24 heavy (non-hydrogen) atoms. The van der Waals surface area contributed by atoms with Crippen molar-refractivity contribution < 1.29 is 0 Å². The lowest BCUT2D eigenvalue weighted by molar-refractivity contribution is 0.240. The highest BCUT2D eigenvalue weighted by Gasteiger charge is 2.17. The van der Waals surface area contributed by atoms with Crippen molar-refractivity contribution >= 4 is 28.3 Å². The molecule has 0 radical (unpaired) electrons. The smallest absolute Gasteiger partial charge is 0.113 e. The van der Waals surface area contributed by atoms with Gasteiger partial charge in [-0.3, -0.25) is 4.90 Å². The van der Waals surface area contributed by atoms with Crippen LogP contribution in [0.4, 0.5) is 5.69 Å². The molecule has 3 aromatic rings. The maximum absolute atomic E-state index is 5.96. The second kappa shape index (κ2) is 6.79. The molecule has 4 rings (SSSR count). The number of hydrogen-bond donors (Lipinski definition) is 0. The third-order valence-corrected chi connectivity index (χ3v) is 4.76. The number of benzene rings is 2. The second-order valence-corrected chi connectivity index (χ2v) is 6.53. The number of anilines is 1. The molecule has 1 aromatic heterocycles. The van der Waals surface area contributed by atoms with Crippen LogP contribution in [0.2, 0.25) is 5.02 Å². The van der Waals surface area contributed by atoms with Gasteiger partial charge in [-0.1, -0.05) is 23.7 Å². The zero-order valence-corrected chi connectivity index (χ0v) is 14.2. The van der Waals surface area contributed by atoms with Crippen molar-refractivity contribution in [2.75, 3.05) is 37.6 Å². The van der Waals surface area contributed by atoms with Crippen LogP contribution in [-0.4, -0.2) is 52.6 Å². The van der Waals surface area contributed by atoms with Crippen LogP contribution in [-0.2, 0) is 6.54 Å². The SMILES string of the molecule is Clc1ccc(N2CCN(CCn3nc4ccccc4n3)CC2)cc1. The van der Waals surface area contributed by atoms with E-state index in [-0.39, 0.29) is 0 Å². The zero-order valence-electron chi connectivity index (χ0n) is 13.5. The molecular weight excluding hydrogens is 322 g/mol. The van der Waals surface area contributed by atoms with E-state index >= 15 is 0 Å². The lowest BCUT2D eigenvalue weighted by Crippen LogP contribution is -2.47. The largest absolute Gasteiger partial charge is 0.369 e. The van der Waals surface area contributed by atoms with Gasteiger partial charge in [-0.05, 0) is 36.4 Å². The van der Waals surface area contributed by atoms with Gasteiger partial charge in [-0.15, -0.1) is 0 Å². The number of nitrogens with zero attached hydrogens (tertiary/aromatic N) is 5. The number of rotatable bonds is 4. The highest BCUT2D eigenvalue weighted by atomic mass is 35.5. The molecule has 0 atom stereocenters. The van der Waals surface area contributed by atoms with Gasteiger partial charge < -0.3 is 4.90 Å². The fraction of sp³-hybridized carbons (Fsp3) is 0.333. The van der Waals surface area contributed by atoms with Gasteiger partial charge in [-0.2, -0.15) is 15.0 Å². The van der Waals surface area contributed by atoms with Crippen LogP contribution in [0.5, 0.6) is 0 Å². The summed E-state index contributed by atoms with van der Waals surface area (Å²) in [5.41, 5.74) is 3.18. The predicted molar refractivity (Wildman–Crippen MR) is 97.6 cm³/mol. The fourth-order valence-corrected chi connectivity index (χ4v) is 3.24. The highest BCUT2D eigenvalue weighted by molar-refractivity contribution is 6.30. The van der Waals surface area contributed by atoms with Gasteiger partial charge in [0.1, 0.15) is 11.0 Å². The summed E-state index contributed by atoms with van der Waals surface area (Å²) < 4.78 is 0. The molecule has 2 aromatic carbocycles. The molecule has 5 nitrogen and oxygen atoms in total. The summed E-state index contributed by atoms with van der Waals surface area (Å²) in [4.78, 5) is 6.70. The molecule has 0 spiro atoms. The van der Waals surface area contributed by atoms with E-state index in [4.69, 9.17) is 11.6 Å². The van der Waals surface area contributed by atoms with Crippen molar-refractivity contribution in [3.8, 4) is 0 Å². The average Bonchev–Trinajstić information content (AvgIpc) is 3.04. The van der Waals surface area contributed by atoms with E-state index in [1.54, 1.807) is 0 Å². The second-order valence-electron chi connectivity index (χ2n) is 6.09. The monoisotopic (exact) mass is 341 g/mol. The Bertz CT molecular complexity index is 773. The summed E-state index contributed by atoms with van der Waals surface area (Å²) in [6, 6.07) is 16.1. The van der Waals surface area contributed by atoms with Crippen molar-refractivity contribution in [2.45, 2.75) is 6.54 Å². The Morgan fingerprint density at radius 1 is 0.792 bits per heavy atom. The van der Waals surface area contributed by atoms with Crippen molar-refractivity contribution in [2.24, 2.45) is 0 Å². The molecule has 6 heteroatoms. The number of aromatic nitrogens is 3. The van der Waals surface area contributed by atoms with Crippen LogP contribution in [0.15, 0.2) is 48.5 Å². The van der Waals surface area contributed by atoms with E-state index in [1.165, 1.54) is 5.69 Å². The Morgan fingerprint density at radius 3 is 2.04 bits per heavy atom. The first-order valence-electron chi connectivity index (χ1n) is 8.31. The first-order valence-corrected chi connectivity index (χ1v) is 8.68. The van der Waals surface area contributed by atoms with E-state index in [0.717, 1.165) is 55.3 Å². The molecular formula is C18H20ClN5. The van der Waals surface area contributed by atoms with Gasteiger partial charge >= 0.3 is 0 Å². The molecule has 0 unspecified atom stereocenters. The van der Waals surface area contributed by atoms with Gasteiger partial charge in [-0.25, -0.2) is 0 Å². The van der Waals surface area contributed by atoms with Crippen molar-refractivity contribution in [1.29, 1.82) is 0 Å². The van der Waals surface area contributed by atoms with Crippen LogP contribution in [0.1, 0.15) is 0 Å². The maximum Gasteiger partial charge on any atom is 0.113 e. The Hall–Kier alpha value is -2.11. The molecule has 0 aliphatic carbocycles. The predicted octanol–water partition coefficient (Wildman–Crippen LogP) is 2.91. The normalized spacial score (nSPS) is 16.0. The van der Waals surface area contributed by atoms with Crippen LogP contribution in [0, 0.1) is 0 Å². The standard InChI is InChI=1S/C18H20ClN5/c19-15-5-7-16(8-6-15)23-12-9-22(10-13-23)11-14-24-20-17-3-1-2-4-18(17)21-24/h1-8H,9-14H2. The molecule has 0 saturated carbocycles. The minimum atomic E-state index is 0.788. The summed E-state index contributed by atoms with van der Waals surface area (Å²) in [6.45, 7) is 6.00. The Morgan fingerprint density at radius 2 is 1.42 bits per heavy atom. The Balaban J connectivity index is 1.30. The molecule has 1 fully saturated rings. The van der Waals surface area contributed by atoms with Crippen LogP contribution in [0.25, 0.3) is 11.0 Å². The fourth-order valence-electron chi connectivity index (χ4n) is 3.12. The van der Waals surface area contributed by atoms with Crippen LogP contribution >= 0.6 is 11.6 Å². The Kier molecular flexibility index (Phi) is 4.36. The highest BCUT2D eigenvalue weighted by Crippen LogP contribution is 2.19. The van der Waals surface area contributed by atoms with E-state index in [1.807, 2.05) is 41.2 Å². The lowest BCUT2D eigenvalue weighted by Gasteiger charge is -2.36. The van der Waals surface area contributed by atoms with E-state index < -0.39 is 0 Å². The topological polar surface area (TPSA) is 37.2 Å². The summed E-state index contributed by atoms with van der Waals surface area (Å²) in [5, 5.41) is 9.84. The summed E-state index contributed by atoms with van der Waals surface area (Å²) in [5.74, 6) is 0. The van der Waals surface area contributed by atoms with Crippen molar-refractivity contribution in [3.05, 3.63) is 53.6 Å². The van der Waals surface area contributed by atoms with Gasteiger partial charge in [0.05, 0.1) is 6.54 Å². The number of hydrogen-bond acceptors (Lipinski definition) is 4. The summed E-state index contributed by atoms with van der Waals surface area (Å²) in [6.07, 6.45) is 0. The molecule has 0 amide bonds. The van der Waals surface area contributed by atoms with E-state index in [9.17, 15) is 0 Å². The van der Waals surface area contributed by atoms with E-state index in [0.29, 0.717) is 0 Å². The molecule has 0 N–H and O–H groups in total. The summed E-state index contributed by atoms with van der Waals surface area (Å²) in [7, 11) is 0. The van der Waals surface area contributed by atoms with Crippen molar-refractivity contribution in [1.82, 2.24) is 19.9 Å². The summed E-state index contributed by atoms with van der Waals surface area (Å²) >= 11 is 5.96. The number of piperazine rings is 1. The zero-order chi connectivity index (χ0) is 16.4. The van der Waals surface area contributed by atoms with Gasteiger partial charge in [0.25, 0.3) is 0 Å². The molecule has 124 valence electrons. The molecule has 1 aliphatic rings. The molecule has 2 heterocycles. The first kappa shape index (κ1) is 15.4. The minimum absolute atomic E-state index is 0.788. The lowest BCUT2D eigenvalue weighted by atomic mass is 10.2. The van der Waals surface area contributed by atoms with Gasteiger partial charge in [0.15, 0.2) is 0 Å². The Labute approximate surface area is 146 Å². The number of fused-ring (bicyclic) bond motifs is 1. The van der Waals surface area contributed by atoms with Crippen molar-refractivity contribution in [3.63, 3.8) is 0 Å². The quantitative estimate of drug-likeness (QED) is 0.731. The van der Waals surface area contributed by atoms with Crippen LogP contribution < -0.4 is 4.90 Å². The van der Waals surface area contributed by atoms with E-state index in [2.05, 4.69) is 32.1 Å². The molecule has 0 bridgehead atoms. The number of halogens is 1. The van der Waals surface area contributed by atoms with Gasteiger partial charge in [0.2, 0.25) is 0 Å². The van der Waals surface area contributed by atoms with Gasteiger partial charge in [0, 0.05) is 43.4 Å². The minimum Gasteiger partial charge on any atom is -0.369 e. The first-order chi connectivity index (χ1) is 11.8.